The summed E-state index contributed by atoms with van der Waals surface area (Å²) in [5.74, 6) is -0.967. The number of methoxy groups -OCH3 is 1. The zero-order valence-corrected chi connectivity index (χ0v) is 17.3. The average molecular weight is 414 g/mol. The van der Waals surface area contributed by atoms with Crippen molar-refractivity contribution in [1.82, 2.24) is 9.88 Å². The number of aromatic amines is 1. The van der Waals surface area contributed by atoms with Crippen LogP contribution in [-0.4, -0.2) is 33.9 Å². The Morgan fingerprint density at radius 2 is 1.77 bits per heavy atom. The van der Waals surface area contributed by atoms with Gasteiger partial charge in [-0.2, -0.15) is 0 Å². The number of carbonyl (C=O) groups excluding carboxylic acids is 2. The summed E-state index contributed by atoms with van der Waals surface area (Å²) in [6.07, 6.45) is 1.69. The quantitative estimate of drug-likeness (QED) is 0.641. The Kier molecular flexibility index (Phi) is 4.17. The minimum absolute atomic E-state index is 0.150. The van der Waals surface area contributed by atoms with Crippen LogP contribution in [0.15, 0.2) is 84.2 Å². The van der Waals surface area contributed by atoms with Crippen molar-refractivity contribution in [2.45, 2.75) is 24.6 Å². The highest BCUT2D eigenvalue weighted by molar-refractivity contribution is 6.17. The summed E-state index contributed by atoms with van der Waals surface area (Å²) in [5, 5.41) is 12.5. The monoisotopic (exact) mass is 414 g/mol. The van der Waals surface area contributed by atoms with Gasteiger partial charge >= 0.3 is 5.97 Å². The lowest BCUT2D eigenvalue weighted by Gasteiger charge is -2.42. The molecule has 31 heavy (non-hydrogen) atoms. The fourth-order valence-electron chi connectivity index (χ4n) is 5.24. The van der Waals surface area contributed by atoms with E-state index < -0.39 is 17.1 Å². The van der Waals surface area contributed by atoms with E-state index >= 15 is 0 Å². The van der Waals surface area contributed by atoms with Gasteiger partial charge in [0.2, 0.25) is 0 Å². The van der Waals surface area contributed by atoms with Gasteiger partial charge in [0, 0.05) is 35.3 Å². The molecule has 2 N–H and O–H groups in total. The largest absolute Gasteiger partial charge is 0.466 e. The topological polar surface area (TPSA) is 82.6 Å². The van der Waals surface area contributed by atoms with Gasteiger partial charge in [0.25, 0.3) is 0 Å². The van der Waals surface area contributed by atoms with Crippen molar-refractivity contribution in [2.24, 2.45) is 0 Å². The van der Waals surface area contributed by atoms with Crippen molar-refractivity contribution in [3.8, 4) is 0 Å². The van der Waals surface area contributed by atoms with Gasteiger partial charge in [-0.3, -0.25) is 4.79 Å². The fourth-order valence-corrected chi connectivity index (χ4v) is 5.24. The maximum Gasteiger partial charge on any atom is 0.337 e. The number of hydrogen-bond donors (Lipinski definition) is 2. The normalized spacial score (nSPS) is 24.4. The Balaban J connectivity index is 1.85. The van der Waals surface area contributed by atoms with Crippen molar-refractivity contribution in [3.05, 3.63) is 107 Å². The van der Waals surface area contributed by atoms with Crippen molar-refractivity contribution in [2.75, 3.05) is 7.11 Å². The molecule has 0 saturated heterocycles. The molecule has 0 fully saturated rings. The van der Waals surface area contributed by atoms with Crippen molar-refractivity contribution < 1.29 is 19.4 Å². The maximum absolute atomic E-state index is 14.0. The summed E-state index contributed by atoms with van der Waals surface area (Å²) < 4.78 is 5.13. The number of rotatable bonds is 4. The molecule has 0 bridgehead atoms. The smallest absolute Gasteiger partial charge is 0.337 e. The summed E-state index contributed by atoms with van der Waals surface area (Å²) in [6, 6.07) is 20.2. The van der Waals surface area contributed by atoms with E-state index in [2.05, 4.69) is 4.98 Å². The van der Waals surface area contributed by atoms with Crippen LogP contribution in [0.5, 0.6) is 0 Å². The number of ether oxygens (including phenoxy) is 1. The number of esters is 1. The van der Waals surface area contributed by atoms with Crippen LogP contribution in [0, 0.1) is 0 Å². The van der Waals surface area contributed by atoms with Gasteiger partial charge in [0.05, 0.1) is 12.7 Å². The molecule has 0 spiro atoms. The van der Waals surface area contributed by atoms with Gasteiger partial charge in [-0.25, -0.2) is 4.79 Å². The van der Waals surface area contributed by atoms with Crippen LogP contribution in [0.25, 0.3) is 0 Å². The first-order valence-corrected chi connectivity index (χ1v) is 10.1. The highest BCUT2D eigenvalue weighted by atomic mass is 16.5. The molecular weight excluding hydrogens is 392 g/mol. The summed E-state index contributed by atoms with van der Waals surface area (Å²) in [4.78, 5) is 32.0. The van der Waals surface area contributed by atoms with Crippen molar-refractivity contribution in [3.63, 3.8) is 0 Å². The predicted octanol–water partition coefficient (Wildman–Crippen LogP) is 3.26. The second-order valence-corrected chi connectivity index (χ2v) is 7.90. The molecule has 2 atom stereocenters. The molecule has 1 aliphatic carbocycles. The van der Waals surface area contributed by atoms with Gasteiger partial charge in [0.15, 0.2) is 16.9 Å². The second-order valence-electron chi connectivity index (χ2n) is 7.90. The van der Waals surface area contributed by atoms with E-state index in [0.29, 0.717) is 29.1 Å². The first-order valence-electron chi connectivity index (χ1n) is 10.1. The molecule has 1 aliphatic heterocycles. The highest BCUT2D eigenvalue weighted by Gasteiger charge is 2.74. The Morgan fingerprint density at radius 3 is 2.45 bits per heavy atom. The van der Waals surface area contributed by atoms with Crippen molar-refractivity contribution >= 4 is 11.8 Å². The van der Waals surface area contributed by atoms with E-state index in [4.69, 9.17) is 4.74 Å². The van der Waals surface area contributed by atoms with Gasteiger partial charge in [0.1, 0.15) is 0 Å². The number of nitrogens with zero attached hydrogens (tertiary/aromatic N) is 1. The average Bonchev–Trinajstić information content (AvgIpc) is 3.44. The van der Waals surface area contributed by atoms with E-state index in [-0.39, 0.29) is 11.4 Å². The summed E-state index contributed by atoms with van der Waals surface area (Å²) in [5.41, 5.74) is -0.533. The van der Waals surface area contributed by atoms with Crippen molar-refractivity contribution in [1.29, 1.82) is 0 Å². The molecule has 0 amide bonds. The van der Waals surface area contributed by atoms with Gasteiger partial charge in [-0.1, -0.05) is 54.6 Å². The molecule has 1 aromatic heterocycles. The third-order valence-electron chi connectivity index (χ3n) is 6.52. The molecule has 3 aromatic rings. The first-order chi connectivity index (χ1) is 15.0. The number of fused-ring (bicyclic) bond motifs is 3. The number of allylic oxidation sites excluding steroid dienone is 1. The maximum atomic E-state index is 14.0. The minimum atomic E-state index is -1.80. The van der Waals surface area contributed by atoms with Gasteiger partial charge < -0.3 is 19.7 Å². The number of aromatic nitrogens is 1. The SMILES string of the molecule is COC(=O)C1=C(C)N(Cc2ccccc2)C2(O)c3ccccc3C(=O)C12c1ccc[nH]1. The van der Waals surface area contributed by atoms with Gasteiger partial charge in [-0.05, 0) is 24.6 Å². The molecule has 2 aliphatic rings. The Morgan fingerprint density at radius 1 is 1.06 bits per heavy atom. The molecular formula is C25H22N2O4. The van der Waals surface area contributed by atoms with Gasteiger partial charge in [-0.15, -0.1) is 0 Å². The predicted molar refractivity (Wildman–Crippen MR) is 114 cm³/mol. The van der Waals surface area contributed by atoms with E-state index in [9.17, 15) is 14.7 Å². The van der Waals surface area contributed by atoms with Crippen LogP contribution in [0.3, 0.4) is 0 Å². The summed E-state index contributed by atoms with van der Waals surface area (Å²) in [6.45, 7) is 2.07. The second kappa shape index (κ2) is 6.68. The molecule has 0 radical (unpaired) electrons. The molecule has 5 rings (SSSR count). The van der Waals surface area contributed by atoms with E-state index in [0.717, 1.165) is 5.56 Å². The first kappa shape index (κ1) is 19.3. The number of ketones is 1. The number of nitrogens with one attached hydrogen (secondary N) is 1. The Hall–Kier alpha value is -3.64. The number of carbonyl (C=O) groups is 2. The number of H-pyrrole nitrogens is 1. The number of hydrogen-bond acceptors (Lipinski definition) is 5. The van der Waals surface area contributed by atoms with Crippen LogP contribution in [0.4, 0.5) is 0 Å². The van der Waals surface area contributed by atoms with E-state index in [1.807, 2.05) is 30.3 Å². The Labute approximate surface area is 179 Å². The lowest BCUT2D eigenvalue weighted by molar-refractivity contribution is -0.140. The van der Waals surface area contributed by atoms with Crippen LogP contribution >= 0.6 is 0 Å². The third-order valence-corrected chi connectivity index (χ3v) is 6.52. The Bertz CT molecular complexity index is 1220. The molecule has 156 valence electrons. The molecule has 2 aromatic carbocycles. The zero-order valence-electron chi connectivity index (χ0n) is 17.3. The molecule has 2 unspecified atom stereocenters. The zero-order chi connectivity index (χ0) is 21.8. The standard InChI is InChI=1S/C25H22N2O4/c1-16-21(23(29)31-2)24(20-13-8-14-26-20)22(28)18-11-6-7-12-19(18)25(24,30)27(16)15-17-9-4-3-5-10-17/h3-14,26,30H,15H2,1-2H3. The number of benzene rings is 2. The molecule has 6 nitrogen and oxygen atoms in total. The molecule has 6 heteroatoms. The van der Waals surface area contributed by atoms with Crippen LogP contribution < -0.4 is 0 Å². The third kappa shape index (κ3) is 2.25. The highest BCUT2D eigenvalue weighted by Crippen LogP contribution is 2.62. The van der Waals surface area contributed by atoms with Crippen LogP contribution in [0.2, 0.25) is 0 Å². The van der Waals surface area contributed by atoms with Crippen LogP contribution in [0.1, 0.15) is 34.1 Å². The fraction of sp³-hybridized carbons (Fsp3) is 0.200. The summed E-state index contributed by atoms with van der Waals surface area (Å²) >= 11 is 0. The summed E-state index contributed by atoms with van der Waals surface area (Å²) in [7, 11) is 1.29. The number of Topliss-reactive ketones (excluding diaryl/α,β-unsaturated/α-hetero) is 1. The van der Waals surface area contributed by atoms with E-state index in [1.54, 1.807) is 54.4 Å². The van der Waals surface area contributed by atoms with E-state index in [1.165, 1.54) is 7.11 Å². The molecule has 2 heterocycles. The van der Waals surface area contributed by atoms with Crippen LogP contribution in [-0.2, 0) is 27.2 Å². The number of aliphatic hydroxyl groups is 1. The molecule has 0 saturated carbocycles. The lowest BCUT2D eigenvalue weighted by atomic mass is 9.70. The minimum Gasteiger partial charge on any atom is -0.466 e. The lowest BCUT2D eigenvalue weighted by Crippen LogP contribution is -2.55.